The standard InChI is InChI=1S/C20H19N3O3/c1-2-4-15(5-3-1)25-17-7-6-14(13-21-17)18-22-19(26-23-18)16-12-20(16)8-10-24-11-9-20/h1-7,13,16H,8-12H2/t16-/m0/s1. The van der Waals surface area contributed by atoms with Crippen molar-refractivity contribution >= 4 is 0 Å². The SMILES string of the molecule is c1ccc(Oc2ccc(-c3noc([C@@H]4CC45CCOCC5)n3)cn2)cc1. The predicted octanol–water partition coefficient (Wildman–Crippen LogP) is 4.21. The second kappa shape index (κ2) is 6.21. The second-order valence-electron chi connectivity index (χ2n) is 6.99. The van der Waals surface area contributed by atoms with Gasteiger partial charge >= 0.3 is 0 Å². The van der Waals surface area contributed by atoms with Crippen molar-refractivity contribution in [1.82, 2.24) is 15.1 Å². The van der Waals surface area contributed by atoms with Gasteiger partial charge in [-0.2, -0.15) is 4.98 Å². The highest BCUT2D eigenvalue weighted by Gasteiger charge is 2.57. The molecule has 3 aromatic rings. The van der Waals surface area contributed by atoms with Crippen LogP contribution in [-0.2, 0) is 4.74 Å². The maximum Gasteiger partial charge on any atom is 0.230 e. The Morgan fingerprint density at radius 3 is 2.65 bits per heavy atom. The highest BCUT2D eigenvalue weighted by Crippen LogP contribution is 2.64. The number of aromatic nitrogens is 3. The number of pyridine rings is 1. The number of nitrogens with zero attached hydrogens (tertiary/aromatic N) is 3. The molecular formula is C20H19N3O3. The van der Waals surface area contributed by atoms with Gasteiger partial charge in [0, 0.05) is 37.0 Å². The molecule has 3 heterocycles. The molecule has 0 bridgehead atoms. The molecule has 2 aromatic heterocycles. The summed E-state index contributed by atoms with van der Waals surface area (Å²) in [7, 11) is 0. The summed E-state index contributed by atoms with van der Waals surface area (Å²) < 4.78 is 16.7. The molecule has 132 valence electrons. The molecule has 0 radical (unpaired) electrons. The summed E-state index contributed by atoms with van der Waals surface area (Å²) in [5.74, 6) is 2.98. The molecule has 1 aromatic carbocycles. The van der Waals surface area contributed by atoms with Gasteiger partial charge in [-0.1, -0.05) is 23.4 Å². The molecule has 0 amide bonds. The third-order valence-electron chi connectivity index (χ3n) is 5.38. The van der Waals surface area contributed by atoms with E-state index in [1.54, 1.807) is 6.20 Å². The van der Waals surface area contributed by atoms with Crippen molar-refractivity contribution in [2.75, 3.05) is 13.2 Å². The van der Waals surface area contributed by atoms with Crippen LogP contribution in [0, 0.1) is 5.41 Å². The topological polar surface area (TPSA) is 70.3 Å². The predicted molar refractivity (Wildman–Crippen MR) is 93.9 cm³/mol. The van der Waals surface area contributed by atoms with Crippen molar-refractivity contribution in [3.8, 4) is 23.0 Å². The van der Waals surface area contributed by atoms with E-state index >= 15 is 0 Å². The largest absolute Gasteiger partial charge is 0.439 e. The summed E-state index contributed by atoms with van der Waals surface area (Å²) in [6.07, 6.45) is 5.01. The van der Waals surface area contributed by atoms with E-state index in [4.69, 9.17) is 14.0 Å². The van der Waals surface area contributed by atoms with Gasteiger partial charge in [0.05, 0.1) is 0 Å². The lowest BCUT2D eigenvalue weighted by Crippen LogP contribution is -2.18. The molecule has 2 aliphatic rings. The van der Waals surface area contributed by atoms with Crippen LogP contribution in [0.5, 0.6) is 11.6 Å². The summed E-state index contributed by atoms with van der Waals surface area (Å²) in [6.45, 7) is 1.68. The molecule has 1 atom stereocenters. The summed E-state index contributed by atoms with van der Waals surface area (Å²) in [5, 5.41) is 4.14. The quantitative estimate of drug-likeness (QED) is 0.703. The van der Waals surface area contributed by atoms with Crippen LogP contribution in [-0.4, -0.2) is 28.3 Å². The normalized spacial score (nSPS) is 20.8. The minimum absolute atomic E-state index is 0.327. The molecule has 1 aliphatic carbocycles. The van der Waals surface area contributed by atoms with E-state index in [1.165, 1.54) is 0 Å². The second-order valence-corrected chi connectivity index (χ2v) is 6.99. The first-order valence-corrected chi connectivity index (χ1v) is 8.93. The van der Waals surface area contributed by atoms with Gasteiger partial charge in [-0.05, 0) is 42.9 Å². The first kappa shape index (κ1) is 15.5. The Kier molecular flexibility index (Phi) is 3.71. The van der Waals surface area contributed by atoms with E-state index in [-0.39, 0.29) is 0 Å². The van der Waals surface area contributed by atoms with Crippen LogP contribution in [0.3, 0.4) is 0 Å². The number of rotatable bonds is 4. The van der Waals surface area contributed by atoms with Crippen molar-refractivity contribution in [3.63, 3.8) is 0 Å². The van der Waals surface area contributed by atoms with Crippen molar-refractivity contribution in [1.29, 1.82) is 0 Å². The average Bonchev–Trinajstić information content (AvgIpc) is 3.15. The molecule has 6 nitrogen and oxygen atoms in total. The fourth-order valence-electron chi connectivity index (χ4n) is 3.70. The number of hydrogen-bond donors (Lipinski definition) is 0. The van der Waals surface area contributed by atoms with Crippen LogP contribution in [0.2, 0.25) is 0 Å². The van der Waals surface area contributed by atoms with Gasteiger partial charge in [-0.3, -0.25) is 0 Å². The summed E-state index contributed by atoms with van der Waals surface area (Å²) in [6, 6.07) is 13.3. The Balaban J connectivity index is 1.29. The first-order valence-electron chi connectivity index (χ1n) is 8.93. The minimum Gasteiger partial charge on any atom is -0.439 e. The monoisotopic (exact) mass is 349 g/mol. The lowest BCUT2D eigenvalue weighted by molar-refractivity contribution is 0.0544. The van der Waals surface area contributed by atoms with Gasteiger partial charge in [-0.25, -0.2) is 4.98 Å². The first-order chi connectivity index (χ1) is 12.8. The maximum absolute atomic E-state index is 5.71. The molecule has 26 heavy (non-hydrogen) atoms. The molecule has 0 N–H and O–H groups in total. The Morgan fingerprint density at radius 1 is 1.04 bits per heavy atom. The molecule has 1 saturated carbocycles. The molecule has 0 unspecified atom stereocenters. The minimum atomic E-state index is 0.327. The van der Waals surface area contributed by atoms with Gasteiger partial charge < -0.3 is 14.0 Å². The zero-order valence-corrected chi connectivity index (χ0v) is 14.3. The number of ether oxygens (including phenoxy) is 2. The van der Waals surface area contributed by atoms with Gasteiger partial charge in [0.15, 0.2) is 0 Å². The fraction of sp³-hybridized carbons (Fsp3) is 0.350. The number of para-hydroxylation sites is 1. The zero-order valence-electron chi connectivity index (χ0n) is 14.3. The average molecular weight is 349 g/mol. The highest BCUT2D eigenvalue weighted by molar-refractivity contribution is 5.53. The Hall–Kier alpha value is -2.73. The van der Waals surface area contributed by atoms with E-state index in [1.807, 2.05) is 42.5 Å². The van der Waals surface area contributed by atoms with Gasteiger partial charge in [0.25, 0.3) is 0 Å². The van der Waals surface area contributed by atoms with Crippen molar-refractivity contribution in [2.45, 2.75) is 25.2 Å². The van der Waals surface area contributed by atoms with E-state index in [9.17, 15) is 0 Å². The van der Waals surface area contributed by atoms with Gasteiger partial charge in [0.1, 0.15) is 5.75 Å². The summed E-state index contributed by atoms with van der Waals surface area (Å²) in [4.78, 5) is 8.95. The van der Waals surface area contributed by atoms with Crippen LogP contribution in [0.15, 0.2) is 53.2 Å². The maximum atomic E-state index is 5.71. The van der Waals surface area contributed by atoms with Crippen LogP contribution >= 0.6 is 0 Å². The lowest BCUT2D eigenvalue weighted by atomic mass is 9.94. The summed E-state index contributed by atoms with van der Waals surface area (Å²) in [5.41, 5.74) is 1.15. The van der Waals surface area contributed by atoms with E-state index in [0.29, 0.717) is 23.0 Å². The lowest BCUT2D eigenvalue weighted by Gasteiger charge is -2.21. The van der Waals surface area contributed by atoms with Crippen molar-refractivity contribution < 1.29 is 14.0 Å². The molecule has 1 aliphatic heterocycles. The third-order valence-corrected chi connectivity index (χ3v) is 5.38. The van der Waals surface area contributed by atoms with Gasteiger partial charge in [0.2, 0.25) is 17.6 Å². The van der Waals surface area contributed by atoms with Crippen LogP contribution in [0.1, 0.15) is 31.1 Å². The molecule has 1 saturated heterocycles. The van der Waals surface area contributed by atoms with Crippen LogP contribution in [0.4, 0.5) is 0 Å². The van der Waals surface area contributed by atoms with Crippen LogP contribution < -0.4 is 4.74 Å². The molecule has 2 fully saturated rings. The van der Waals surface area contributed by atoms with E-state index in [0.717, 1.165) is 49.7 Å². The van der Waals surface area contributed by atoms with Crippen molar-refractivity contribution in [2.24, 2.45) is 5.41 Å². The Bertz CT molecular complexity index is 886. The Labute approximate surface area is 151 Å². The molecule has 5 rings (SSSR count). The summed E-state index contributed by atoms with van der Waals surface area (Å²) >= 11 is 0. The highest BCUT2D eigenvalue weighted by atomic mass is 16.5. The molecule has 1 spiro atoms. The number of benzene rings is 1. The number of hydrogen-bond acceptors (Lipinski definition) is 6. The third kappa shape index (κ3) is 2.86. The smallest absolute Gasteiger partial charge is 0.230 e. The zero-order chi connectivity index (χ0) is 17.4. The Morgan fingerprint density at radius 2 is 1.88 bits per heavy atom. The molecule has 6 heteroatoms. The van der Waals surface area contributed by atoms with E-state index < -0.39 is 0 Å². The fourth-order valence-corrected chi connectivity index (χ4v) is 3.70. The van der Waals surface area contributed by atoms with Crippen LogP contribution in [0.25, 0.3) is 11.4 Å². The molecular weight excluding hydrogens is 330 g/mol. The van der Waals surface area contributed by atoms with E-state index in [2.05, 4.69) is 15.1 Å². The van der Waals surface area contributed by atoms with Gasteiger partial charge in [-0.15, -0.1) is 0 Å². The van der Waals surface area contributed by atoms with Crippen molar-refractivity contribution in [3.05, 3.63) is 54.6 Å².